The fraction of sp³-hybridized carbons (Fsp3) is 0.667. The van der Waals surface area contributed by atoms with Crippen molar-refractivity contribution >= 4 is 11.7 Å². The molecule has 1 saturated heterocycles. The summed E-state index contributed by atoms with van der Waals surface area (Å²) >= 11 is 0. The van der Waals surface area contributed by atoms with Gasteiger partial charge in [-0.15, -0.1) is 0 Å². The fourth-order valence-corrected chi connectivity index (χ4v) is 4.90. The summed E-state index contributed by atoms with van der Waals surface area (Å²) in [4.78, 5) is 25.5. The lowest BCUT2D eigenvalue weighted by atomic mass is 9.84. The van der Waals surface area contributed by atoms with Crippen LogP contribution in [0.1, 0.15) is 69.6 Å². The molecule has 2 N–H and O–H groups in total. The number of hydrogen-bond acceptors (Lipinski definition) is 8. The number of amides is 1. The molecule has 2 aromatic heterocycles. The molecule has 2 fully saturated rings. The normalized spacial score (nSPS) is 18.4. The van der Waals surface area contributed by atoms with E-state index in [0.29, 0.717) is 17.8 Å². The highest BCUT2D eigenvalue weighted by molar-refractivity contribution is 5.75. The van der Waals surface area contributed by atoms with Crippen molar-refractivity contribution in [2.75, 3.05) is 32.1 Å². The molecular weight excluding hydrogens is 420 g/mol. The Bertz CT molecular complexity index is 888. The summed E-state index contributed by atoms with van der Waals surface area (Å²) in [5.74, 6) is 2.00. The third-order valence-corrected chi connectivity index (χ3v) is 7.16. The van der Waals surface area contributed by atoms with Gasteiger partial charge in [0.25, 0.3) is 0 Å². The van der Waals surface area contributed by atoms with Gasteiger partial charge in [0.2, 0.25) is 17.6 Å². The van der Waals surface area contributed by atoms with E-state index in [1.165, 1.54) is 32.1 Å². The number of hydrogen-bond donors (Lipinski definition) is 2. The van der Waals surface area contributed by atoms with Crippen molar-refractivity contribution in [2.24, 2.45) is 5.92 Å². The lowest BCUT2D eigenvalue weighted by Gasteiger charge is -2.43. The molecule has 3 heterocycles. The van der Waals surface area contributed by atoms with E-state index >= 15 is 0 Å². The van der Waals surface area contributed by atoms with Gasteiger partial charge in [0.05, 0.1) is 0 Å². The monoisotopic (exact) mass is 456 g/mol. The summed E-state index contributed by atoms with van der Waals surface area (Å²) in [7, 11) is 4.19. The highest BCUT2D eigenvalue weighted by atomic mass is 16.5. The Morgan fingerprint density at radius 1 is 1.27 bits per heavy atom. The lowest BCUT2D eigenvalue weighted by Crippen LogP contribution is -2.57. The van der Waals surface area contributed by atoms with Gasteiger partial charge in [0.1, 0.15) is 5.82 Å². The van der Waals surface area contributed by atoms with E-state index in [1.54, 1.807) is 11.7 Å². The van der Waals surface area contributed by atoms with Crippen molar-refractivity contribution in [1.29, 1.82) is 0 Å². The van der Waals surface area contributed by atoms with Gasteiger partial charge in [-0.25, -0.2) is 10.5 Å². The van der Waals surface area contributed by atoms with Gasteiger partial charge in [-0.2, -0.15) is 4.98 Å². The Labute approximate surface area is 195 Å². The molecule has 1 amide bonds. The lowest BCUT2D eigenvalue weighted by molar-refractivity contribution is -0.129. The summed E-state index contributed by atoms with van der Waals surface area (Å²) in [6, 6.07) is 4.51. The topological polar surface area (TPSA) is 108 Å². The Morgan fingerprint density at radius 2 is 2.06 bits per heavy atom. The van der Waals surface area contributed by atoms with Crippen LogP contribution in [-0.4, -0.2) is 64.4 Å². The summed E-state index contributed by atoms with van der Waals surface area (Å²) in [6.07, 6.45) is 11.5. The molecule has 180 valence electrons. The Balaban J connectivity index is 1.37. The molecule has 0 bridgehead atoms. The number of hydroxylamine groups is 1. The quantitative estimate of drug-likeness (QED) is 0.412. The van der Waals surface area contributed by atoms with E-state index in [9.17, 15) is 4.79 Å². The standard InChI is InChI=1S/C24H36N6O3/c1-29(2)20-15-30(16-20)21-12-11-19(14-25-21)23-26-24(33-28-23)18(13-22(31)27-32)10-6-9-17-7-4-3-5-8-17/h11-12,14,17-18,20,32H,3-10,13,15-16H2,1-2H3,(H,27,31). The zero-order valence-electron chi connectivity index (χ0n) is 19.7. The minimum atomic E-state index is -0.436. The van der Waals surface area contributed by atoms with Gasteiger partial charge in [-0.3, -0.25) is 10.0 Å². The highest BCUT2D eigenvalue weighted by Gasteiger charge is 2.29. The predicted molar refractivity (Wildman–Crippen MR) is 125 cm³/mol. The maximum Gasteiger partial charge on any atom is 0.244 e. The molecule has 1 unspecified atom stereocenters. The van der Waals surface area contributed by atoms with E-state index in [4.69, 9.17) is 9.73 Å². The van der Waals surface area contributed by atoms with Crippen molar-refractivity contribution in [3.63, 3.8) is 0 Å². The van der Waals surface area contributed by atoms with Crippen LogP contribution < -0.4 is 10.4 Å². The molecule has 0 radical (unpaired) electrons. The Kier molecular flexibility index (Phi) is 7.93. The molecule has 2 aromatic rings. The predicted octanol–water partition coefficient (Wildman–Crippen LogP) is 3.61. The first-order valence-corrected chi connectivity index (χ1v) is 12.2. The summed E-state index contributed by atoms with van der Waals surface area (Å²) < 4.78 is 5.55. The van der Waals surface area contributed by atoms with Crippen LogP contribution in [-0.2, 0) is 4.79 Å². The van der Waals surface area contributed by atoms with Crippen molar-refractivity contribution in [2.45, 2.75) is 69.7 Å². The van der Waals surface area contributed by atoms with Crippen molar-refractivity contribution < 1.29 is 14.5 Å². The zero-order chi connectivity index (χ0) is 23.2. The smallest absolute Gasteiger partial charge is 0.244 e. The van der Waals surface area contributed by atoms with Gasteiger partial charge in [0, 0.05) is 43.2 Å². The van der Waals surface area contributed by atoms with Gasteiger partial charge in [-0.05, 0) is 38.6 Å². The third kappa shape index (κ3) is 6.09. The van der Waals surface area contributed by atoms with E-state index in [0.717, 1.165) is 49.7 Å². The maximum atomic E-state index is 11.9. The van der Waals surface area contributed by atoms with E-state index in [1.807, 2.05) is 12.1 Å². The van der Waals surface area contributed by atoms with E-state index in [-0.39, 0.29) is 12.3 Å². The largest absolute Gasteiger partial charge is 0.353 e. The van der Waals surface area contributed by atoms with Crippen LogP contribution in [0, 0.1) is 5.92 Å². The fourth-order valence-electron chi connectivity index (χ4n) is 4.90. The summed E-state index contributed by atoms with van der Waals surface area (Å²) in [6.45, 7) is 1.95. The molecular formula is C24H36N6O3. The van der Waals surface area contributed by atoms with E-state index < -0.39 is 5.91 Å². The summed E-state index contributed by atoms with van der Waals surface area (Å²) in [5, 5.41) is 13.1. The number of likely N-dealkylation sites (N-methyl/N-ethyl adjacent to an activating group) is 1. The average molecular weight is 457 g/mol. The number of nitrogens with one attached hydrogen (secondary N) is 1. The van der Waals surface area contributed by atoms with Crippen LogP contribution in [0.5, 0.6) is 0 Å². The van der Waals surface area contributed by atoms with Crippen LogP contribution in [0.4, 0.5) is 5.82 Å². The number of nitrogens with zero attached hydrogens (tertiary/aromatic N) is 5. The molecule has 1 atom stereocenters. The minimum absolute atomic E-state index is 0.127. The third-order valence-electron chi connectivity index (χ3n) is 7.16. The van der Waals surface area contributed by atoms with Crippen LogP contribution in [0.15, 0.2) is 22.9 Å². The minimum Gasteiger partial charge on any atom is -0.353 e. The first-order valence-electron chi connectivity index (χ1n) is 12.2. The number of carbonyl (C=O) groups excluding carboxylic acids is 1. The highest BCUT2D eigenvalue weighted by Crippen LogP contribution is 2.32. The molecule has 2 aliphatic rings. The first kappa shape index (κ1) is 23.6. The van der Waals surface area contributed by atoms with Crippen molar-refractivity contribution in [1.82, 2.24) is 25.5 Å². The van der Waals surface area contributed by atoms with Gasteiger partial charge in [-0.1, -0.05) is 50.1 Å². The molecule has 1 saturated carbocycles. The molecule has 33 heavy (non-hydrogen) atoms. The maximum absolute atomic E-state index is 11.9. The Hall–Kier alpha value is -2.52. The molecule has 9 nitrogen and oxygen atoms in total. The van der Waals surface area contributed by atoms with Crippen molar-refractivity contribution in [3.05, 3.63) is 24.2 Å². The summed E-state index contributed by atoms with van der Waals surface area (Å²) in [5.41, 5.74) is 2.52. The number of anilines is 1. The molecule has 4 rings (SSSR count). The second kappa shape index (κ2) is 11.1. The molecule has 1 aliphatic heterocycles. The Morgan fingerprint density at radius 3 is 2.73 bits per heavy atom. The second-order valence-corrected chi connectivity index (χ2v) is 9.75. The number of pyridine rings is 1. The first-order chi connectivity index (χ1) is 16.0. The van der Waals surface area contributed by atoms with Crippen LogP contribution in [0.3, 0.4) is 0 Å². The average Bonchev–Trinajstić information content (AvgIpc) is 3.28. The second-order valence-electron chi connectivity index (χ2n) is 9.75. The zero-order valence-corrected chi connectivity index (χ0v) is 19.7. The van der Waals surface area contributed by atoms with Gasteiger partial charge >= 0.3 is 0 Å². The van der Waals surface area contributed by atoms with Crippen LogP contribution in [0.2, 0.25) is 0 Å². The molecule has 1 aliphatic carbocycles. The van der Waals surface area contributed by atoms with Gasteiger partial charge < -0.3 is 14.3 Å². The SMILES string of the molecule is CN(C)C1CN(c2ccc(-c3noc(C(CCCC4CCCCC4)CC(=O)NO)n3)cn2)C1. The molecule has 0 spiro atoms. The van der Waals surface area contributed by atoms with Crippen molar-refractivity contribution in [3.8, 4) is 11.4 Å². The molecule has 9 heteroatoms. The molecule has 0 aromatic carbocycles. The van der Waals surface area contributed by atoms with Crippen LogP contribution >= 0.6 is 0 Å². The van der Waals surface area contributed by atoms with E-state index in [2.05, 4.69) is 39.0 Å². The number of rotatable bonds is 10. The van der Waals surface area contributed by atoms with Gasteiger partial charge in [0.15, 0.2) is 0 Å². The number of carbonyl (C=O) groups is 1. The number of aromatic nitrogens is 3. The van der Waals surface area contributed by atoms with Crippen LogP contribution in [0.25, 0.3) is 11.4 Å².